The first-order valence-electron chi connectivity index (χ1n) is 5.96. The Kier molecular flexibility index (Phi) is 4.05. The summed E-state index contributed by atoms with van der Waals surface area (Å²) in [4.78, 5) is 6.74. The van der Waals surface area contributed by atoms with Gasteiger partial charge in [-0.1, -0.05) is 6.92 Å². The lowest BCUT2D eigenvalue weighted by atomic mass is 10.2. The molecular formula is C12H15BrN4O2S. The highest BCUT2D eigenvalue weighted by Gasteiger charge is 2.19. The van der Waals surface area contributed by atoms with E-state index in [0.29, 0.717) is 28.1 Å². The van der Waals surface area contributed by atoms with Crippen LogP contribution in [0.1, 0.15) is 18.3 Å². The number of benzene rings is 1. The molecule has 1 heterocycles. The Morgan fingerprint density at radius 1 is 1.45 bits per heavy atom. The first-order valence-corrected chi connectivity index (χ1v) is 8.23. The Morgan fingerprint density at radius 2 is 2.15 bits per heavy atom. The number of hydrogen-bond donors (Lipinski definition) is 3. The van der Waals surface area contributed by atoms with Gasteiger partial charge in [-0.15, -0.1) is 0 Å². The molecule has 0 atom stereocenters. The topological polar surface area (TPSA) is 101 Å². The van der Waals surface area contributed by atoms with Gasteiger partial charge in [-0.25, -0.2) is 4.98 Å². The second-order valence-electron chi connectivity index (χ2n) is 4.36. The Balaban J connectivity index is 2.38. The quantitative estimate of drug-likeness (QED) is 0.730. The lowest BCUT2D eigenvalue weighted by Gasteiger charge is -2.12. The van der Waals surface area contributed by atoms with Gasteiger partial charge in [-0.2, -0.15) is 8.42 Å². The van der Waals surface area contributed by atoms with Gasteiger partial charge in [0.15, 0.2) is 5.03 Å². The number of sulfonamides is 1. The van der Waals surface area contributed by atoms with Crippen molar-refractivity contribution in [2.45, 2.75) is 25.3 Å². The van der Waals surface area contributed by atoms with Gasteiger partial charge in [0.1, 0.15) is 5.82 Å². The van der Waals surface area contributed by atoms with E-state index in [1.54, 1.807) is 12.1 Å². The number of hydrogen-bond acceptors (Lipinski definition) is 4. The van der Waals surface area contributed by atoms with Crippen molar-refractivity contribution >= 4 is 37.3 Å². The van der Waals surface area contributed by atoms with Gasteiger partial charge in [0.05, 0.1) is 17.6 Å². The molecule has 0 saturated carbocycles. The number of H-pyrrole nitrogens is 1. The highest BCUT2D eigenvalue weighted by Crippen LogP contribution is 2.31. The van der Waals surface area contributed by atoms with Gasteiger partial charge in [-0.05, 0) is 40.5 Å². The molecule has 0 fully saturated rings. The Bertz CT molecular complexity index is 717. The largest absolute Gasteiger partial charge is 0.397 e. The molecule has 2 aromatic rings. The van der Waals surface area contributed by atoms with Crippen molar-refractivity contribution in [3.63, 3.8) is 0 Å². The average molecular weight is 359 g/mol. The average Bonchev–Trinajstić information content (AvgIpc) is 2.83. The Hall–Kier alpha value is -1.54. The zero-order valence-corrected chi connectivity index (χ0v) is 13.5. The van der Waals surface area contributed by atoms with E-state index in [-0.39, 0.29) is 5.03 Å². The van der Waals surface area contributed by atoms with Crippen LogP contribution < -0.4 is 10.5 Å². The minimum atomic E-state index is -3.74. The van der Waals surface area contributed by atoms with Crippen molar-refractivity contribution in [1.82, 2.24) is 9.97 Å². The van der Waals surface area contributed by atoms with Crippen LogP contribution in [-0.2, 0) is 16.4 Å². The number of anilines is 2. The van der Waals surface area contributed by atoms with Crippen LogP contribution in [0.25, 0.3) is 0 Å². The molecule has 2 rings (SSSR count). The third-order valence-electron chi connectivity index (χ3n) is 2.73. The van der Waals surface area contributed by atoms with Gasteiger partial charge < -0.3 is 10.7 Å². The van der Waals surface area contributed by atoms with Crippen LogP contribution in [-0.4, -0.2) is 18.4 Å². The van der Waals surface area contributed by atoms with Crippen LogP contribution >= 0.6 is 15.9 Å². The van der Waals surface area contributed by atoms with E-state index < -0.39 is 10.0 Å². The van der Waals surface area contributed by atoms with Crippen molar-refractivity contribution in [3.05, 3.63) is 34.2 Å². The molecular weight excluding hydrogens is 344 g/mol. The van der Waals surface area contributed by atoms with Crippen LogP contribution in [0.4, 0.5) is 11.4 Å². The predicted molar refractivity (Wildman–Crippen MR) is 82.1 cm³/mol. The number of aryl methyl sites for hydroxylation is 2. The van der Waals surface area contributed by atoms with Gasteiger partial charge in [0, 0.05) is 10.9 Å². The summed E-state index contributed by atoms with van der Waals surface area (Å²) in [6, 6.07) is 3.49. The molecule has 0 amide bonds. The molecule has 0 bridgehead atoms. The molecule has 0 radical (unpaired) electrons. The van der Waals surface area contributed by atoms with Crippen molar-refractivity contribution in [1.29, 1.82) is 0 Å². The molecule has 0 aliphatic rings. The summed E-state index contributed by atoms with van der Waals surface area (Å²) in [6.07, 6.45) is 1.92. The van der Waals surface area contributed by atoms with E-state index in [4.69, 9.17) is 5.73 Å². The molecule has 4 N–H and O–H groups in total. The lowest BCUT2D eigenvalue weighted by Crippen LogP contribution is -2.15. The Labute approximate surface area is 126 Å². The molecule has 0 unspecified atom stereocenters. The molecule has 1 aromatic carbocycles. The number of nitrogens with one attached hydrogen (secondary N) is 2. The van der Waals surface area contributed by atoms with Crippen LogP contribution in [0, 0.1) is 6.92 Å². The Morgan fingerprint density at radius 3 is 2.70 bits per heavy atom. The van der Waals surface area contributed by atoms with Crippen LogP contribution in [0.2, 0.25) is 0 Å². The molecule has 20 heavy (non-hydrogen) atoms. The van der Waals surface area contributed by atoms with Crippen molar-refractivity contribution < 1.29 is 8.42 Å². The number of nitrogen functional groups attached to an aromatic ring is 1. The monoisotopic (exact) mass is 358 g/mol. The molecule has 0 aliphatic carbocycles. The highest BCUT2D eigenvalue weighted by molar-refractivity contribution is 9.10. The standard InChI is InChI=1S/C12H15BrN4O2S/c1-3-10-15-6-11(16-10)20(18,19)17-12-8(13)4-7(2)5-9(12)14/h4-6,17H,3,14H2,1-2H3,(H,15,16). The van der Waals surface area contributed by atoms with Crippen molar-refractivity contribution in [2.75, 3.05) is 10.5 Å². The smallest absolute Gasteiger partial charge is 0.279 e. The lowest BCUT2D eigenvalue weighted by molar-refractivity contribution is 0.598. The maximum absolute atomic E-state index is 12.3. The number of halogens is 1. The first kappa shape index (κ1) is 14.9. The van der Waals surface area contributed by atoms with Gasteiger partial charge in [-0.3, -0.25) is 4.72 Å². The summed E-state index contributed by atoms with van der Waals surface area (Å²) in [7, 11) is -3.74. The first-order chi connectivity index (χ1) is 9.33. The van der Waals surface area contributed by atoms with Crippen LogP contribution in [0.5, 0.6) is 0 Å². The minimum absolute atomic E-state index is 0.0150. The SMILES string of the molecule is CCc1ncc(S(=O)(=O)Nc2c(N)cc(C)cc2Br)[nH]1. The summed E-state index contributed by atoms with van der Waals surface area (Å²) in [5.41, 5.74) is 7.47. The highest BCUT2D eigenvalue weighted by atomic mass is 79.9. The summed E-state index contributed by atoms with van der Waals surface area (Å²) >= 11 is 3.31. The van der Waals surface area contributed by atoms with E-state index in [1.807, 2.05) is 13.8 Å². The third-order valence-corrected chi connectivity index (χ3v) is 4.62. The van der Waals surface area contributed by atoms with Gasteiger partial charge in [0.2, 0.25) is 0 Å². The number of imidazole rings is 1. The molecule has 0 aliphatic heterocycles. The molecule has 108 valence electrons. The zero-order valence-electron chi connectivity index (χ0n) is 11.1. The van der Waals surface area contributed by atoms with E-state index in [0.717, 1.165) is 5.56 Å². The maximum Gasteiger partial charge on any atom is 0.279 e. The van der Waals surface area contributed by atoms with E-state index in [1.165, 1.54) is 6.20 Å². The fraction of sp³-hybridized carbons (Fsp3) is 0.250. The molecule has 0 spiro atoms. The summed E-state index contributed by atoms with van der Waals surface area (Å²) < 4.78 is 27.6. The van der Waals surface area contributed by atoms with E-state index in [9.17, 15) is 8.42 Å². The van der Waals surface area contributed by atoms with Crippen LogP contribution in [0.3, 0.4) is 0 Å². The number of aromatic amines is 1. The molecule has 6 nitrogen and oxygen atoms in total. The maximum atomic E-state index is 12.3. The van der Waals surface area contributed by atoms with Crippen molar-refractivity contribution in [2.24, 2.45) is 0 Å². The van der Waals surface area contributed by atoms with E-state index >= 15 is 0 Å². The number of nitrogens with two attached hydrogens (primary N) is 1. The summed E-state index contributed by atoms with van der Waals surface area (Å²) in [6.45, 7) is 3.76. The van der Waals surface area contributed by atoms with Crippen molar-refractivity contribution in [3.8, 4) is 0 Å². The normalized spacial score (nSPS) is 11.6. The number of aromatic nitrogens is 2. The molecule has 0 saturated heterocycles. The van der Waals surface area contributed by atoms with Gasteiger partial charge in [0.25, 0.3) is 10.0 Å². The molecule has 8 heteroatoms. The minimum Gasteiger partial charge on any atom is -0.397 e. The summed E-state index contributed by atoms with van der Waals surface area (Å²) in [5.74, 6) is 0.612. The second-order valence-corrected chi connectivity index (χ2v) is 6.87. The number of rotatable bonds is 4. The third kappa shape index (κ3) is 2.96. The predicted octanol–water partition coefficient (Wildman–Crippen LogP) is 2.43. The number of nitrogens with zero attached hydrogens (tertiary/aromatic N) is 1. The zero-order chi connectivity index (χ0) is 14.9. The summed E-state index contributed by atoms with van der Waals surface area (Å²) in [5, 5.41) is 0.0150. The second kappa shape index (κ2) is 5.45. The van der Waals surface area contributed by atoms with Gasteiger partial charge >= 0.3 is 0 Å². The van der Waals surface area contributed by atoms with E-state index in [2.05, 4.69) is 30.6 Å². The fourth-order valence-corrected chi connectivity index (χ4v) is 3.60. The van der Waals surface area contributed by atoms with Crippen LogP contribution in [0.15, 0.2) is 27.8 Å². The fourth-order valence-electron chi connectivity index (χ4n) is 1.73. The molecule has 1 aromatic heterocycles.